The molecular formula is C26H30N4O. The van der Waals surface area contributed by atoms with Gasteiger partial charge in [0.25, 0.3) is 0 Å². The Morgan fingerprint density at radius 1 is 1.10 bits per heavy atom. The van der Waals surface area contributed by atoms with Gasteiger partial charge in [0.15, 0.2) is 0 Å². The highest BCUT2D eigenvalue weighted by Crippen LogP contribution is 2.34. The van der Waals surface area contributed by atoms with Crippen molar-refractivity contribution in [1.82, 2.24) is 19.9 Å². The number of likely N-dealkylation sites (tertiary alicyclic amines) is 1. The molecule has 1 aliphatic heterocycles. The first-order valence-corrected chi connectivity index (χ1v) is 11.0. The SMILES string of the molecule is CC(C)(C)c1ncc(-c2ccncc2)c(C2CCCN(C(=O)Cc3ccccc3)C2)n1. The van der Waals surface area contributed by atoms with Crippen LogP contribution in [-0.2, 0) is 16.6 Å². The van der Waals surface area contributed by atoms with Gasteiger partial charge in [0.2, 0.25) is 5.91 Å². The number of carbonyl (C=O) groups excluding carboxylic acids is 1. The van der Waals surface area contributed by atoms with Gasteiger partial charge in [0.1, 0.15) is 5.82 Å². The predicted molar refractivity (Wildman–Crippen MR) is 123 cm³/mol. The van der Waals surface area contributed by atoms with Gasteiger partial charge < -0.3 is 4.90 Å². The Bertz CT molecular complexity index is 1030. The molecule has 160 valence electrons. The Morgan fingerprint density at radius 2 is 1.84 bits per heavy atom. The van der Waals surface area contributed by atoms with E-state index in [9.17, 15) is 4.79 Å². The van der Waals surface area contributed by atoms with Gasteiger partial charge in [-0.25, -0.2) is 9.97 Å². The molecule has 1 aromatic carbocycles. The number of pyridine rings is 1. The first-order valence-electron chi connectivity index (χ1n) is 11.0. The lowest BCUT2D eigenvalue weighted by Crippen LogP contribution is -2.40. The maximum absolute atomic E-state index is 13.0. The molecule has 0 bridgehead atoms. The van der Waals surface area contributed by atoms with E-state index in [4.69, 9.17) is 4.98 Å². The zero-order valence-electron chi connectivity index (χ0n) is 18.6. The fourth-order valence-corrected chi connectivity index (χ4v) is 4.13. The summed E-state index contributed by atoms with van der Waals surface area (Å²) in [5.74, 6) is 1.22. The summed E-state index contributed by atoms with van der Waals surface area (Å²) < 4.78 is 0. The number of piperidine rings is 1. The molecule has 0 aliphatic carbocycles. The number of benzene rings is 1. The monoisotopic (exact) mass is 414 g/mol. The van der Waals surface area contributed by atoms with Gasteiger partial charge in [-0.15, -0.1) is 0 Å². The van der Waals surface area contributed by atoms with Crippen LogP contribution in [0.2, 0.25) is 0 Å². The van der Waals surface area contributed by atoms with Gasteiger partial charge in [-0.3, -0.25) is 9.78 Å². The second-order valence-electron chi connectivity index (χ2n) is 9.32. The Kier molecular flexibility index (Phi) is 6.12. The van der Waals surface area contributed by atoms with Crippen LogP contribution in [0.1, 0.15) is 56.6 Å². The van der Waals surface area contributed by atoms with E-state index >= 15 is 0 Å². The van der Waals surface area contributed by atoms with Crippen molar-refractivity contribution in [3.63, 3.8) is 0 Å². The maximum Gasteiger partial charge on any atom is 0.227 e. The van der Waals surface area contributed by atoms with Crippen LogP contribution in [0.5, 0.6) is 0 Å². The van der Waals surface area contributed by atoms with Gasteiger partial charge in [-0.1, -0.05) is 51.1 Å². The number of nitrogens with zero attached hydrogens (tertiary/aromatic N) is 4. The van der Waals surface area contributed by atoms with Crippen LogP contribution in [0.4, 0.5) is 0 Å². The molecule has 3 aromatic rings. The number of aromatic nitrogens is 3. The molecule has 5 heteroatoms. The topological polar surface area (TPSA) is 59.0 Å². The van der Waals surface area contributed by atoms with Gasteiger partial charge in [-0.2, -0.15) is 0 Å². The zero-order valence-corrected chi connectivity index (χ0v) is 18.6. The van der Waals surface area contributed by atoms with E-state index in [1.165, 1.54) is 0 Å². The van der Waals surface area contributed by atoms with E-state index in [0.29, 0.717) is 13.0 Å². The van der Waals surface area contributed by atoms with Crippen LogP contribution in [0.15, 0.2) is 61.1 Å². The van der Waals surface area contributed by atoms with Gasteiger partial charge in [-0.05, 0) is 36.1 Å². The number of hydrogen-bond acceptors (Lipinski definition) is 4. The summed E-state index contributed by atoms with van der Waals surface area (Å²) in [5.41, 5.74) is 4.08. The van der Waals surface area contributed by atoms with E-state index in [1.807, 2.05) is 53.6 Å². The lowest BCUT2D eigenvalue weighted by molar-refractivity contribution is -0.131. The van der Waals surface area contributed by atoms with E-state index in [-0.39, 0.29) is 17.2 Å². The van der Waals surface area contributed by atoms with Crippen LogP contribution in [0.3, 0.4) is 0 Å². The molecular weight excluding hydrogens is 384 g/mol. The average molecular weight is 415 g/mol. The van der Waals surface area contributed by atoms with Crippen molar-refractivity contribution >= 4 is 5.91 Å². The lowest BCUT2D eigenvalue weighted by atomic mass is 9.88. The zero-order chi connectivity index (χ0) is 21.8. The molecule has 4 rings (SSSR count). The molecule has 0 N–H and O–H groups in total. The molecule has 1 saturated heterocycles. The number of rotatable bonds is 4. The van der Waals surface area contributed by atoms with E-state index < -0.39 is 0 Å². The van der Waals surface area contributed by atoms with E-state index in [0.717, 1.165) is 47.6 Å². The van der Waals surface area contributed by atoms with Crippen LogP contribution < -0.4 is 0 Å². The molecule has 1 aliphatic rings. The molecule has 3 heterocycles. The van der Waals surface area contributed by atoms with Crippen LogP contribution >= 0.6 is 0 Å². The van der Waals surface area contributed by atoms with Crippen molar-refractivity contribution in [3.05, 3.63) is 78.1 Å². The van der Waals surface area contributed by atoms with Crippen molar-refractivity contribution in [1.29, 1.82) is 0 Å². The molecule has 2 aromatic heterocycles. The molecule has 1 atom stereocenters. The smallest absolute Gasteiger partial charge is 0.227 e. The molecule has 1 unspecified atom stereocenters. The van der Waals surface area contributed by atoms with Crippen LogP contribution in [-0.4, -0.2) is 38.8 Å². The first kappa shape index (κ1) is 21.2. The van der Waals surface area contributed by atoms with Crippen LogP contribution in [0.25, 0.3) is 11.1 Å². The summed E-state index contributed by atoms with van der Waals surface area (Å²) in [6.07, 6.45) is 8.00. The van der Waals surface area contributed by atoms with Gasteiger partial charge in [0, 0.05) is 48.6 Å². The largest absolute Gasteiger partial charge is 0.342 e. The average Bonchev–Trinajstić information content (AvgIpc) is 2.79. The van der Waals surface area contributed by atoms with Gasteiger partial charge in [0.05, 0.1) is 12.1 Å². The molecule has 31 heavy (non-hydrogen) atoms. The van der Waals surface area contributed by atoms with Crippen molar-refractivity contribution < 1.29 is 4.79 Å². The summed E-state index contributed by atoms with van der Waals surface area (Å²) in [6, 6.07) is 14.0. The van der Waals surface area contributed by atoms with E-state index in [2.05, 4.69) is 30.7 Å². The summed E-state index contributed by atoms with van der Waals surface area (Å²) in [7, 11) is 0. The molecule has 1 amide bonds. The van der Waals surface area contributed by atoms with Crippen molar-refractivity contribution in [2.75, 3.05) is 13.1 Å². The fraction of sp³-hybridized carbons (Fsp3) is 0.385. The summed E-state index contributed by atoms with van der Waals surface area (Å²) >= 11 is 0. The van der Waals surface area contributed by atoms with Crippen molar-refractivity contribution in [2.24, 2.45) is 0 Å². The number of hydrogen-bond donors (Lipinski definition) is 0. The summed E-state index contributed by atoms with van der Waals surface area (Å²) in [6.45, 7) is 7.91. The second-order valence-corrected chi connectivity index (χ2v) is 9.32. The lowest BCUT2D eigenvalue weighted by Gasteiger charge is -2.34. The van der Waals surface area contributed by atoms with Gasteiger partial charge >= 0.3 is 0 Å². The maximum atomic E-state index is 13.0. The highest BCUT2D eigenvalue weighted by atomic mass is 16.2. The standard InChI is InChI=1S/C26H30N4O/c1-26(2,3)25-28-17-22(20-11-13-27-14-12-20)24(29-25)21-10-7-15-30(18-21)23(31)16-19-8-5-4-6-9-19/h4-6,8-9,11-14,17,21H,7,10,15-16,18H2,1-3H3. The third-order valence-corrected chi connectivity index (χ3v) is 5.84. The second kappa shape index (κ2) is 8.96. The van der Waals surface area contributed by atoms with Crippen LogP contribution in [0, 0.1) is 0 Å². The molecule has 1 fully saturated rings. The third-order valence-electron chi connectivity index (χ3n) is 5.84. The normalized spacial score (nSPS) is 16.9. The Hall–Kier alpha value is -3.08. The minimum atomic E-state index is -0.136. The Morgan fingerprint density at radius 3 is 2.55 bits per heavy atom. The Balaban J connectivity index is 1.63. The number of amides is 1. The summed E-state index contributed by atoms with van der Waals surface area (Å²) in [4.78, 5) is 28.9. The molecule has 5 nitrogen and oxygen atoms in total. The molecule has 0 radical (unpaired) electrons. The number of carbonyl (C=O) groups is 1. The summed E-state index contributed by atoms with van der Waals surface area (Å²) in [5, 5.41) is 0. The quantitative estimate of drug-likeness (QED) is 0.616. The highest BCUT2D eigenvalue weighted by Gasteiger charge is 2.29. The molecule has 0 saturated carbocycles. The first-order chi connectivity index (χ1) is 14.9. The minimum absolute atomic E-state index is 0.136. The highest BCUT2D eigenvalue weighted by molar-refractivity contribution is 5.79. The van der Waals surface area contributed by atoms with Crippen molar-refractivity contribution in [3.8, 4) is 11.1 Å². The fourth-order valence-electron chi connectivity index (χ4n) is 4.13. The molecule has 0 spiro atoms. The third kappa shape index (κ3) is 4.98. The predicted octanol–water partition coefficient (Wildman–Crippen LogP) is 4.78. The Labute approximate surface area is 184 Å². The van der Waals surface area contributed by atoms with E-state index in [1.54, 1.807) is 12.4 Å². The van der Waals surface area contributed by atoms with Crippen molar-refractivity contribution in [2.45, 2.75) is 51.4 Å². The minimum Gasteiger partial charge on any atom is -0.342 e.